The molecule has 0 bridgehead atoms. The summed E-state index contributed by atoms with van der Waals surface area (Å²) in [5.74, 6) is 2.26. The highest BCUT2D eigenvalue weighted by molar-refractivity contribution is 5.86. The third-order valence-electron chi connectivity index (χ3n) is 3.02. The smallest absolute Gasteiger partial charge is 0.138 e. The van der Waals surface area contributed by atoms with E-state index in [1.165, 1.54) is 6.92 Å². The molecule has 0 atom stereocenters. The second kappa shape index (κ2) is 7.66. The van der Waals surface area contributed by atoms with Crippen molar-refractivity contribution in [3.8, 4) is 23.3 Å². The Bertz CT molecular complexity index is 824. The van der Waals surface area contributed by atoms with Crippen LogP contribution in [0, 0.1) is 11.3 Å². The minimum atomic E-state index is 0.710. The summed E-state index contributed by atoms with van der Waals surface area (Å²) < 4.78 is 11.1. The Hall–Kier alpha value is -3.26. The second-order valence-corrected chi connectivity index (χ2v) is 4.59. The highest BCUT2D eigenvalue weighted by Gasteiger charge is 2.05. The van der Waals surface area contributed by atoms with E-state index in [0.717, 1.165) is 28.2 Å². The molecule has 0 saturated carbocycles. The maximum absolute atomic E-state index is 7.32. The van der Waals surface area contributed by atoms with E-state index < -0.39 is 0 Å². The van der Waals surface area contributed by atoms with Crippen LogP contribution in [-0.4, -0.2) is 12.1 Å². The van der Waals surface area contributed by atoms with Crippen LogP contribution in [0.5, 0.6) is 17.2 Å². The zero-order valence-corrected chi connectivity index (χ0v) is 13.0. The molecule has 0 unspecified atom stereocenters. The Morgan fingerprint density at radius 1 is 1.04 bits per heavy atom. The quantitative estimate of drug-likeness (QED) is 0.735. The number of methoxy groups -OCH3 is 1. The molecule has 1 aromatic heterocycles. The van der Waals surface area contributed by atoms with Crippen molar-refractivity contribution in [3.05, 3.63) is 54.7 Å². The lowest BCUT2D eigenvalue weighted by Gasteiger charge is -2.09. The van der Waals surface area contributed by atoms with Crippen molar-refractivity contribution in [2.24, 2.45) is 0 Å². The first kappa shape index (κ1) is 16.1. The molecular weight excluding hydrogens is 290 g/mol. The number of nitrogens with zero attached hydrogens (tertiary/aromatic N) is 2. The predicted molar refractivity (Wildman–Crippen MR) is 90.5 cm³/mol. The molecule has 3 rings (SSSR count). The van der Waals surface area contributed by atoms with E-state index in [0.29, 0.717) is 5.69 Å². The maximum atomic E-state index is 7.32. The molecule has 0 aliphatic carbocycles. The first-order valence-electron chi connectivity index (χ1n) is 6.95. The van der Waals surface area contributed by atoms with E-state index in [-0.39, 0.29) is 0 Å². The fourth-order valence-electron chi connectivity index (χ4n) is 1.98. The number of pyridine rings is 1. The number of nitriles is 1. The Balaban J connectivity index is 0.000000595. The molecule has 2 aromatic carbocycles. The van der Waals surface area contributed by atoms with Crippen LogP contribution in [0.15, 0.2) is 54.7 Å². The monoisotopic (exact) mass is 307 g/mol. The molecule has 3 aromatic rings. The fraction of sp³-hybridized carbons (Fsp3) is 0.111. The number of hydrogen-bond donors (Lipinski definition) is 1. The van der Waals surface area contributed by atoms with E-state index in [4.69, 9.17) is 20.5 Å². The summed E-state index contributed by atoms with van der Waals surface area (Å²) in [5.41, 5.74) is 7.20. The molecular formula is C18H17N3O2. The van der Waals surface area contributed by atoms with Crippen molar-refractivity contribution < 1.29 is 9.47 Å². The first-order chi connectivity index (χ1) is 11.2. The van der Waals surface area contributed by atoms with E-state index in [2.05, 4.69) is 4.98 Å². The van der Waals surface area contributed by atoms with Crippen molar-refractivity contribution in [3.63, 3.8) is 0 Å². The summed E-state index contributed by atoms with van der Waals surface area (Å²) in [5, 5.41) is 8.25. The van der Waals surface area contributed by atoms with Gasteiger partial charge in [-0.05, 0) is 42.5 Å². The number of hydrogen-bond acceptors (Lipinski definition) is 5. The molecule has 0 aliphatic rings. The number of nitrogen functional groups attached to an aromatic ring is 1. The molecule has 0 fully saturated rings. The Morgan fingerprint density at radius 2 is 1.70 bits per heavy atom. The van der Waals surface area contributed by atoms with Crippen LogP contribution >= 0.6 is 0 Å². The van der Waals surface area contributed by atoms with Gasteiger partial charge in [0.15, 0.2) is 0 Å². The van der Waals surface area contributed by atoms with Crippen LogP contribution in [0.2, 0.25) is 0 Å². The molecule has 23 heavy (non-hydrogen) atoms. The number of benzene rings is 2. The Labute approximate surface area is 134 Å². The van der Waals surface area contributed by atoms with Crippen LogP contribution in [-0.2, 0) is 0 Å². The normalized spacial score (nSPS) is 9.43. The number of fused-ring (bicyclic) bond motifs is 1. The lowest BCUT2D eigenvalue weighted by Crippen LogP contribution is -1.90. The SMILES string of the molecule is CC#N.COc1ccc2c(Oc3ccc(N)cc3)ccnc2c1. The van der Waals surface area contributed by atoms with Crippen molar-refractivity contribution in [2.75, 3.05) is 12.8 Å². The fourth-order valence-corrected chi connectivity index (χ4v) is 1.98. The summed E-state index contributed by atoms with van der Waals surface area (Å²) in [6, 6.07) is 16.6. The van der Waals surface area contributed by atoms with Gasteiger partial charge in [-0.25, -0.2) is 0 Å². The highest BCUT2D eigenvalue weighted by atomic mass is 16.5. The van der Waals surface area contributed by atoms with Gasteiger partial charge in [0.2, 0.25) is 0 Å². The van der Waals surface area contributed by atoms with Gasteiger partial charge in [-0.1, -0.05) is 0 Å². The molecule has 2 N–H and O–H groups in total. The van der Waals surface area contributed by atoms with Gasteiger partial charge in [-0.15, -0.1) is 0 Å². The molecule has 5 heteroatoms. The lowest BCUT2D eigenvalue weighted by molar-refractivity contribution is 0.415. The van der Waals surface area contributed by atoms with E-state index in [1.54, 1.807) is 19.4 Å². The maximum Gasteiger partial charge on any atom is 0.138 e. The second-order valence-electron chi connectivity index (χ2n) is 4.59. The summed E-state index contributed by atoms with van der Waals surface area (Å²) in [4.78, 5) is 4.33. The van der Waals surface area contributed by atoms with Crippen molar-refractivity contribution in [1.29, 1.82) is 5.26 Å². The molecule has 0 saturated heterocycles. The molecule has 0 spiro atoms. The third kappa shape index (κ3) is 4.11. The molecule has 0 radical (unpaired) electrons. The van der Waals surface area contributed by atoms with Crippen molar-refractivity contribution in [2.45, 2.75) is 6.92 Å². The lowest BCUT2D eigenvalue weighted by atomic mass is 10.2. The van der Waals surface area contributed by atoms with Crippen LogP contribution in [0.4, 0.5) is 5.69 Å². The largest absolute Gasteiger partial charge is 0.497 e. The van der Waals surface area contributed by atoms with Gasteiger partial charge in [0, 0.05) is 30.3 Å². The van der Waals surface area contributed by atoms with Gasteiger partial charge in [0.05, 0.1) is 18.7 Å². The van der Waals surface area contributed by atoms with Gasteiger partial charge < -0.3 is 15.2 Å². The summed E-state index contributed by atoms with van der Waals surface area (Å²) >= 11 is 0. The topological polar surface area (TPSA) is 81.2 Å². The van der Waals surface area contributed by atoms with Crippen LogP contribution in [0.25, 0.3) is 10.9 Å². The zero-order chi connectivity index (χ0) is 16.7. The molecule has 0 amide bonds. The van der Waals surface area contributed by atoms with Gasteiger partial charge in [0.25, 0.3) is 0 Å². The summed E-state index contributed by atoms with van der Waals surface area (Å²) in [6.07, 6.45) is 1.72. The molecule has 1 heterocycles. The average molecular weight is 307 g/mol. The minimum absolute atomic E-state index is 0.710. The average Bonchev–Trinajstić information content (AvgIpc) is 2.57. The Morgan fingerprint density at radius 3 is 2.35 bits per heavy atom. The van der Waals surface area contributed by atoms with E-state index in [9.17, 15) is 0 Å². The van der Waals surface area contributed by atoms with Gasteiger partial charge in [-0.3, -0.25) is 4.98 Å². The van der Waals surface area contributed by atoms with E-state index >= 15 is 0 Å². The number of anilines is 1. The van der Waals surface area contributed by atoms with Crippen LogP contribution in [0.1, 0.15) is 6.92 Å². The number of aromatic nitrogens is 1. The number of nitrogens with two attached hydrogens (primary N) is 1. The predicted octanol–water partition coefficient (Wildman–Crippen LogP) is 4.15. The molecule has 0 aliphatic heterocycles. The van der Waals surface area contributed by atoms with Crippen LogP contribution in [0.3, 0.4) is 0 Å². The number of ether oxygens (including phenoxy) is 2. The van der Waals surface area contributed by atoms with Crippen molar-refractivity contribution in [1.82, 2.24) is 4.98 Å². The first-order valence-corrected chi connectivity index (χ1v) is 6.95. The minimum Gasteiger partial charge on any atom is -0.497 e. The standard InChI is InChI=1S/C16H14N2O2.C2H3N/c1-19-13-6-7-14-15(10-13)18-9-8-16(14)20-12-4-2-11(17)3-5-12;1-2-3/h2-10H,17H2,1H3;1H3. The number of rotatable bonds is 3. The van der Waals surface area contributed by atoms with Crippen LogP contribution < -0.4 is 15.2 Å². The third-order valence-corrected chi connectivity index (χ3v) is 3.02. The highest BCUT2D eigenvalue weighted by Crippen LogP contribution is 2.30. The van der Waals surface area contributed by atoms with Gasteiger partial charge in [-0.2, -0.15) is 5.26 Å². The summed E-state index contributed by atoms with van der Waals surface area (Å²) in [7, 11) is 1.63. The van der Waals surface area contributed by atoms with Crippen molar-refractivity contribution >= 4 is 16.6 Å². The molecule has 5 nitrogen and oxygen atoms in total. The van der Waals surface area contributed by atoms with Gasteiger partial charge >= 0.3 is 0 Å². The molecule has 116 valence electrons. The van der Waals surface area contributed by atoms with Gasteiger partial charge in [0.1, 0.15) is 17.2 Å². The summed E-state index contributed by atoms with van der Waals surface area (Å²) in [6.45, 7) is 1.43. The zero-order valence-electron chi connectivity index (χ0n) is 13.0. The Kier molecular flexibility index (Phi) is 5.37. The van der Waals surface area contributed by atoms with E-state index in [1.807, 2.05) is 48.5 Å².